The van der Waals surface area contributed by atoms with Gasteiger partial charge in [-0.3, -0.25) is 4.79 Å². The third kappa shape index (κ3) is 4.30. The van der Waals surface area contributed by atoms with Crippen molar-refractivity contribution >= 4 is 40.3 Å². The number of anilines is 2. The van der Waals surface area contributed by atoms with Crippen LogP contribution in [0.5, 0.6) is 5.75 Å². The summed E-state index contributed by atoms with van der Waals surface area (Å²) in [4.78, 5) is 20.5. The minimum Gasteiger partial charge on any atom is -0.487 e. The number of nitrogens with one attached hydrogen (secondary N) is 1. The Morgan fingerprint density at radius 3 is 2.82 bits per heavy atom. The van der Waals surface area contributed by atoms with E-state index in [1.807, 2.05) is 30.3 Å². The molecule has 0 fully saturated rings. The molecule has 0 spiro atoms. The first-order valence-electron chi connectivity index (χ1n) is 10.5. The van der Waals surface area contributed by atoms with Gasteiger partial charge in [-0.05, 0) is 54.1 Å². The van der Waals surface area contributed by atoms with Crippen molar-refractivity contribution < 1.29 is 18.7 Å². The second-order valence-corrected chi connectivity index (χ2v) is 8.25. The zero-order valence-corrected chi connectivity index (χ0v) is 18.6. The monoisotopic (exact) mass is 475 g/mol. The summed E-state index contributed by atoms with van der Waals surface area (Å²) in [5.41, 5.74) is 1.80. The summed E-state index contributed by atoms with van der Waals surface area (Å²) >= 11 is 6.43. The molecule has 34 heavy (non-hydrogen) atoms. The zero-order chi connectivity index (χ0) is 23.5. The predicted molar refractivity (Wildman–Crippen MR) is 128 cm³/mol. The maximum atomic E-state index is 13.4. The van der Waals surface area contributed by atoms with Crippen LogP contribution in [-0.4, -0.2) is 16.3 Å². The Bertz CT molecular complexity index is 1400. The number of nitrogens with zero attached hydrogens (tertiary/aromatic N) is 2. The molecule has 1 aliphatic heterocycles. The molecule has 170 valence electrons. The molecule has 6 nitrogen and oxygen atoms in total. The molecule has 8 heteroatoms. The van der Waals surface area contributed by atoms with Gasteiger partial charge in [0, 0.05) is 23.1 Å². The van der Waals surface area contributed by atoms with Crippen LogP contribution in [0.25, 0.3) is 10.9 Å². The van der Waals surface area contributed by atoms with Crippen LogP contribution < -0.4 is 10.1 Å². The normalized spacial score (nSPS) is 16.9. The van der Waals surface area contributed by atoms with Crippen LogP contribution >= 0.6 is 11.6 Å². The highest BCUT2D eigenvalue weighted by Gasteiger charge is 2.35. The van der Waals surface area contributed by atoms with Gasteiger partial charge in [0.15, 0.2) is 11.9 Å². The summed E-state index contributed by atoms with van der Waals surface area (Å²) in [5.74, 6) is 0.718. The molecular weight excluding hydrogens is 457 g/mol. The number of ether oxygens (including phenoxy) is 2. The lowest BCUT2D eigenvalue weighted by Crippen LogP contribution is -2.26. The zero-order valence-electron chi connectivity index (χ0n) is 17.9. The van der Waals surface area contributed by atoms with E-state index in [0.717, 1.165) is 22.8 Å². The van der Waals surface area contributed by atoms with E-state index in [1.54, 1.807) is 30.5 Å². The van der Waals surface area contributed by atoms with Crippen molar-refractivity contribution in [2.45, 2.75) is 18.6 Å². The summed E-state index contributed by atoms with van der Waals surface area (Å²) in [6.07, 6.45) is 6.10. The third-order valence-electron chi connectivity index (χ3n) is 5.59. The average molecular weight is 476 g/mol. The van der Waals surface area contributed by atoms with Gasteiger partial charge >= 0.3 is 0 Å². The van der Waals surface area contributed by atoms with Gasteiger partial charge in [-0.1, -0.05) is 29.8 Å². The summed E-state index contributed by atoms with van der Waals surface area (Å²) in [5, 5.41) is 4.39. The number of hydrogen-bond acceptors (Lipinski definition) is 6. The molecule has 1 atom stereocenters. The quantitative estimate of drug-likeness (QED) is 0.327. The van der Waals surface area contributed by atoms with E-state index in [-0.39, 0.29) is 12.4 Å². The molecule has 0 saturated carbocycles. The van der Waals surface area contributed by atoms with Gasteiger partial charge in [0.25, 0.3) is 0 Å². The van der Waals surface area contributed by atoms with Gasteiger partial charge in [-0.2, -0.15) is 0 Å². The van der Waals surface area contributed by atoms with Gasteiger partial charge in [-0.25, -0.2) is 14.4 Å². The van der Waals surface area contributed by atoms with Crippen molar-refractivity contribution in [1.29, 1.82) is 0 Å². The first kappa shape index (κ1) is 21.9. The largest absolute Gasteiger partial charge is 0.487 e. The van der Waals surface area contributed by atoms with Crippen molar-refractivity contribution in [3.05, 3.63) is 101 Å². The lowest BCUT2D eigenvalue weighted by molar-refractivity contribution is -0.123. The van der Waals surface area contributed by atoms with Crippen molar-refractivity contribution in [1.82, 2.24) is 9.97 Å². The van der Waals surface area contributed by atoms with E-state index in [4.69, 9.17) is 21.1 Å². The van der Waals surface area contributed by atoms with E-state index in [2.05, 4.69) is 15.3 Å². The number of rotatable bonds is 7. The SMILES string of the molecule is O=CC1(c2ccc3ncnc(Nc4ccc(OCc5cccc(F)c5)c(Cl)c4)c3c2)CC=CO1. The number of aromatic nitrogens is 2. The van der Waals surface area contributed by atoms with Gasteiger partial charge in [0.1, 0.15) is 30.3 Å². The molecule has 0 aliphatic carbocycles. The first-order chi connectivity index (χ1) is 16.6. The molecule has 0 amide bonds. The Balaban J connectivity index is 1.39. The van der Waals surface area contributed by atoms with Crippen LogP contribution in [0, 0.1) is 5.82 Å². The van der Waals surface area contributed by atoms with Crippen LogP contribution in [0.4, 0.5) is 15.9 Å². The van der Waals surface area contributed by atoms with Crippen molar-refractivity contribution in [3.8, 4) is 5.75 Å². The molecule has 4 aromatic rings. The fraction of sp³-hybridized carbons (Fsp3) is 0.115. The molecule has 1 unspecified atom stereocenters. The van der Waals surface area contributed by atoms with E-state index >= 15 is 0 Å². The lowest BCUT2D eigenvalue weighted by atomic mass is 9.92. The van der Waals surface area contributed by atoms with Crippen molar-refractivity contribution in [3.63, 3.8) is 0 Å². The van der Waals surface area contributed by atoms with Gasteiger partial charge in [-0.15, -0.1) is 0 Å². The average Bonchev–Trinajstić information content (AvgIpc) is 3.34. The second kappa shape index (κ2) is 9.11. The first-order valence-corrected chi connectivity index (χ1v) is 10.9. The number of hydrogen-bond donors (Lipinski definition) is 1. The Kier molecular flexibility index (Phi) is 5.86. The molecule has 0 bridgehead atoms. The summed E-state index contributed by atoms with van der Waals surface area (Å²) in [7, 11) is 0. The maximum Gasteiger partial charge on any atom is 0.191 e. The van der Waals surface area contributed by atoms with Crippen LogP contribution in [0.3, 0.4) is 0 Å². The Labute approximate surface area is 200 Å². The van der Waals surface area contributed by atoms with E-state index in [9.17, 15) is 9.18 Å². The Morgan fingerprint density at radius 2 is 2.06 bits per heavy atom. The highest BCUT2D eigenvalue weighted by atomic mass is 35.5. The number of aldehydes is 1. The second-order valence-electron chi connectivity index (χ2n) is 7.84. The highest BCUT2D eigenvalue weighted by Crippen LogP contribution is 2.36. The number of benzene rings is 3. The highest BCUT2D eigenvalue weighted by molar-refractivity contribution is 6.32. The van der Waals surface area contributed by atoms with Crippen LogP contribution in [0.2, 0.25) is 5.02 Å². The molecule has 1 aliphatic rings. The minimum absolute atomic E-state index is 0.193. The van der Waals surface area contributed by atoms with Crippen molar-refractivity contribution in [2.75, 3.05) is 5.32 Å². The fourth-order valence-corrected chi connectivity index (χ4v) is 4.05. The van der Waals surface area contributed by atoms with Gasteiger partial charge < -0.3 is 14.8 Å². The summed E-state index contributed by atoms with van der Waals surface area (Å²) in [6, 6.07) is 17.0. The number of fused-ring (bicyclic) bond motifs is 1. The third-order valence-corrected chi connectivity index (χ3v) is 5.88. The smallest absolute Gasteiger partial charge is 0.191 e. The lowest BCUT2D eigenvalue weighted by Gasteiger charge is -2.23. The van der Waals surface area contributed by atoms with Crippen LogP contribution in [0.15, 0.2) is 79.3 Å². The minimum atomic E-state index is -1.04. The Morgan fingerprint density at radius 1 is 1.15 bits per heavy atom. The van der Waals surface area contributed by atoms with E-state index in [1.165, 1.54) is 18.5 Å². The number of carbonyl (C=O) groups excluding carboxylic acids is 1. The molecule has 5 rings (SSSR count). The van der Waals surface area contributed by atoms with E-state index in [0.29, 0.717) is 34.3 Å². The van der Waals surface area contributed by atoms with Gasteiger partial charge in [0.2, 0.25) is 0 Å². The van der Waals surface area contributed by atoms with Crippen molar-refractivity contribution in [2.24, 2.45) is 0 Å². The Hall–Kier alpha value is -3.97. The van der Waals surface area contributed by atoms with Gasteiger partial charge in [0.05, 0.1) is 16.8 Å². The van der Waals surface area contributed by atoms with Crippen LogP contribution in [-0.2, 0) is 21.7 Å². The molecule has 0 saturated heterocycles. The summed E-state index contributed by atoms with van der Waals surface area (Å²) < 4.78 is 24.7. The molecular formula is C26H19ClFN3O3. The maximum absolute atomic E-state index is 13.4. The topological polar surface area (TPSA) is 73.3 Å². The molecule has 2 heterocycles. The van der Waals surface area contributed by atoms with E-state index < -0.39 is 5.60 Å². The fourth-order valence-electron chi connectivity index (χ4n) is 3.81. The predicted octanol–water partition coefficient (Wildman–Crippen LogP) is 6.07. The molecule has 0 radical (unpaired) electrons. The summed E-state index contributed by atoms with van der Waals surface area (Å²) in [6.45, 7) is 0.193. The van der Waals surface area contributed by atoms with Crippen LogP contribution in [0.1, 0.15) is 17.5 Å². The standard InChI is InChI=1S/C26H19ClFN3O3/c27-22-13-20(6-8-24(22)33-14-17-3-1-4-19(28)11-17)31-25-21-12-18(5-7-23(21)29-16-30-25)26(15-32)9-2-10-34-26/h1-8,10-13,15-16H,9,14H2,(H,29,30,31). The molecule has 3 aromatic carbocycles. The molecule has 1 N–H and O–H groups in total. The number of carbonyl (C=O) groups is 1. The number of halogens is 2. The molecule has 1 aromatic heterocycles.